The van der Waals surface area contributed by atoms with Crippen LogP contribution >= 0.6 is 27.5 Å². The van der Waals surface area contributed by atoms with Crippen LogP contribution in [0.4, 0.5) is 5.69 Å². The van der Waals surface area contributed by atoms with Crippen molar-refractivity contribution in [1.29, 1.82) is 0 Å². The summed E-state index contributed by atoms with van der Waals surface area (Å²) in [7, 11) is 1.36. The SMILES string of the molecule is COC(=O)C(Nc1ccc(Br)cc1)c1cccc(Cl)c1. The summed E-state index contributed by atoms with van der Waals surface area (Å²) < 4.78 is 5.82. The Morgan fingerprint density at radius 1 is 1.25 bits per heavy atom. The molecule has 2 rings (SSSR count). The van der Waals surface area contributed by atoms with Gasteiger partial charge in [-0.15, -0.1) is 0 Å². The van der Waals surface area contributed by atoms with Gasteiger partial charge in [0.1, 0.15) is 0 Å². The fraction of sp³-hybridized carbons (Fsp3) is 0.133. The van der Waals surface area contributed by atoms with Crippen molar-refractivity contribution in [2.24, 2.45) is 0 Å². The smallest absolute Gasteiger partial charge is 0.332 e. The van der Waals surface area contributed by atoms with Crippen molar-refractivity contribution in [2.45, 2.75) is 6.04 Å². The number of esters is 1. The zero-order valence-corrected chi connectivity index (χ0v) is 13.1. The van der Waals surface area contributed by atoms with Crippen molar-refractivity contribution in [3.63, 3.8) is 0 Å². The fourth-order valence-corrected chi connectivity index (χ4v) is 2.26. The van der Waals surface area contributed by atoms with Crippen LogP contribution in [0.5, 0.6) is 0 Å². The number of ether oxygens (including phenoxy) is 1. The Morgan fingerprint density at radius 2 is 1.95 bits per heavy atom. The number of nitrogens with one attached hydrogen (secondary N) is 1. The van der Waals surface area contributed by atoms with E-state index in [0.29, 0.717) is 5.02 Å². The molecule has 104 valence electrons. The summed E-state index contributed by atoms with van der Waals surface area (Å²) in [6, 6.07) is 14.1. The summed E-state index contributed by atoms with van der Waals surface area (Å²) in [6.45, 7) is 0. The molecule has 2 aromatic carbocycles. The van der Waals surface area contributed by atoms with Gasteiger partial charge >= 0.3 is 5.97 Å². The van der Waals surface area contributed by atoms with Crippen LogP contribution in [0.1, 0.15) is 11.6 Å². The van der Waals surface area contributed by atoms with Gasteiger partial charge in [0.05, 0.1) is 7.11 Å². The lowest BCUT2D eigenvalue weighted by molar-refractivity contribution is -0.141. The largest absolute Gasteiger partial charge is 0.467 e. The highest BCUT2D eigenvalue weighted by Crippen LogP contribution is 2.24. The first-order valence-corrected chi connectivity index (χ1v) is 7.12. The fourth-order valence-electron chi connectivity index (χ4n) is 1.80. The Morgan fingerprint density at radius 3 is 2.55 bits per heavy atom. The topological polar surface area (TPSA) is 38.3 Å². The highest BCUT2D eigenvalue weighted by molar-refractivity contribution is 9.10. The van der Waals surface area contributed by atoms with Gasteiger partial charge in [0.15, 0.2) is 6.04 Å². The van der Waals surface area contributed by atoms with E-state index in [4.69, 9.17) is 16.3 Å². The first-order valence-electron chi connectivity index (χ1n) is 5.95. The summed E-state index contributed by atoms with van der Waals surface area (Å²) in [4.78, 5) is 12.0. The summed E-state index contributed by atoms with van der Waals surface area (Å²) in [6.07, 6.45) is 0. The number of carbonyl (C=O) groups excluding carboxylic acids is 1. The third kappa shape index (κ3) is 3.74. The zero-order chi connectivity index (χ0) is 14.5. The molecular weight excluding hydrogens is 342 g/mol. The number of methoxy groups -OCH3 is 1. The van der Waals surface area contributed by atoms with Gasteiger partial charge in [-0.2, -0.15) is 0 Å². The summed E-state index contributed by atoms with van der Waals surface area (Å²) in [5, 5.41) is 3.72. The van der Waals surface area contributed by atoms with E-state index >= 15 is 0 Å². The van der Waals surface area contributed by atoms with Crippen LogP contribution in [0.25, 0.3) is 0 Å². The Kier molecular flexibility index (Phi) is 5.04. The molecule has 0 aliphatic heterocycles. The minimum Gasteiger partial charge on any atom is -0.467 e. The number of rotatable bonds is 4. The molecule has 3 nitrogen and oxygen atoms in total. The minimum atomic E-state index is -0.597. The molecule has 0 fully saturated rings. The van der Waals surface area contributed by atoms with Crippen LogP contribution in [0.3, 0.4) is 0 Å². The van der Waals surface area contributed by atoms with Crippen LogP contribution in [0.15, 0.2) is 53.0 Å². The molecule has 1 atom stereocenters. The molecule has 1 unspecified atom stereocenters. The second-order valence-electron chi connectivity index (χ2n) is 4.16. The predicted molar refractivity (Wildman–Crippen MR) is 84.0 cm³/mol. The molecule has 5 heteroatoms. The Bertz CT molecular complexity index is 601. The maximum absolute atomic E-state index is 12.0. The Labute approximate surface area is 131 Å². The van der Waals surface area contributed by atoms with Gasteiger partial charge in [0.25, 0.3) is 0 Å². The maximum Gasteiger partial charge on any atom is 0.332 e. The first-order chi connectivity index (χ1) is 9.60. The highest BCUT2D eigenvalue weighted by Gasteiger charge is 2.21. The van der Waals surface area contributed by atoms with Gasteiger partial charge in [0, 0.05) is 15.2 Å². The molecule has 0 aliphatic rings. The molecular formula is C15H13BrClNO2. The molecule has 0 radical (unpaired) electrons. The molecule has 0 aromatic heterocycles. The molecule has 0 saturated heterocycles. The maximum atomic E-state index is 12.0. The summed E-state index contributed by atoms with van der Waals surface area (Å²) in [5.41, 5.74) is 1.58. The zero-order valence-electron chi connectivity index (χ0n) is 10.8. The van der Waals surface area contributed by atoms with Crippen LogP contribution in [0, 0.1) is 0 Å². The molecule has 2 aromatic rings. The van der Waals surface area contributed by atoms with Gasteiger partial charge in [-0.25, -0.2) is 4.79 Å². The lowest BCUT2D eigenvalue weighted by Gasteiger charge is -2.18. The molecule has 0 bridgehead atoms. The van der Waals surface area contributed by atoms with E-state index in [1.807, 2.05) is 30.3 Å². The Balaban J connectivity index is 2.28. The van der Waals surface area contributed by atoms with Crippen LogP contribution in [-0.2, 0) is 9.53 Å². The van der Waals surface area contributed by atoms with E-state index in [-0.39, 0.29) is 5.97 Å². The minimum absolute atomic E-state index is 0.366. The molecule has 0 spiro atoms. The number of hydrogen-bond donors (Lipinski definition) is 1. The van der Waals surface area contributed by atoms with Crippen LogP contribution in [0.2, 0.25) is 5.02 Å². The molecule has 1 N–H and O–H groups in total. The third-order valence-electron chi connectivity index (χ3n) is 2.77. The van der Waals surface area contributed by atoms with Crippen molar-refractivity contribution >= 4 is 39.2 Å². The highest BCUT2D eigenvalue weighted by atomic mass is 79.9. The van der Waals surface area contributed by atoms with Crippen molar-refractivity contribution in [3.05, 3.63) is 63.6 Å². The van der Waals surface area contributed by atoms with E-state index in [1.165, 1.54) is 7.11 Å². The van der Waals surface area contributed by atoms with Gasteiger partial charge in [0.2, 0.25) is 0 Å². The molecule has 20 heavy (non-hydrogen) atoms. The summed E-state index contributed by atoms with van der Waals surface area (Å²) in [5.74, 6) is -0.366. The lowest BCUT2D eigenvalue weighted by Crippen LogP contribution is -2.22. The molecule has 0 saturated carbocycles. The van der Waals surface area contributed by atoms with Crippen molar-refractivity contribution < 1.29 is 9.53 Å². The second-order valence-corrected chi connectivity index (χ2v) is 5.51. The normalized spacial score (nSPS) is 11.8. The van der Waals surface area contributed by atoms with E-state index < -0.39 is 6.04 Å². The van der Waals surface area contributed by atoms with E-state index in [2.05, 4.69) is 21.2 Å². The predicted octanol–water partition coefficient (Wildman–Crippen LogP) is 4.43. The molecule has 0 aliphatic carbocycles. The average molecular weight is 355 g/mol. The van der Waals surface area contributed by atoms with Crippen LogP contribution < -0.4 is 5.32 Å². The number of benzene rings is 2. The van der Waals surface area contributed by atoms with E-state index in [1.54, 1.807) is 18.2 Å². The van der Waals surface area contributed by atoms with Crippen molar-refractivity contribution in [3.8, 4) is 0 Å². The number of hydrogen-bond acceptors (Lipinski definition) is 3. The van der Waals surface area contributed by atoms with Gasteiger partial charge in [-0.1, -0.05) is 39.7 Å². The molecule has 0 heterocycles. The van der Waals surface area contributed by atoms with Gasteiger partial charge in [-0.3, -0.25) is 0 Å². The number of anilines is 1. The van der Waals surface area contributed by atoms with Crippen molar-refractivity contribution in [2.75, 3.05) is 12.4 Å². The second kappa shape index (κ2) is 6.77. The molecule has 0 amide bonds. The number of carbonyl (C=O) groups is 1. The third-order valence-corrected chi connectivity index (χ3v) is 3.54. The first kappa shape index (κ1) is 14.9. The standard InChI is InChI=1S/C15H13BrClNO2/c1-20-15(19)14(10-3-2-4-12(17)9-10)18-13-7-5-11(16)6-8-13/h2-9,14,18H,1H3. The van der Waals surface area contributed by atoms with Crippen molar-refractivity contribution in [1.82, 2.24) is 0 Å². The van der Waals surface area contributed by atoms with Crippen LogP contribution in [-0.4, -0.2) is 13.1 Å². The van der Waals surface area contributed by atoms with E-state index in [0.717, 1.165) is 15.7 Å². The average Bonchev–Trinajstić information content (AvgIpc) is 2.46. The Hall–Kier alpha value is -1.52. The lowest BCUT2D eigenvalue weighted by atomic mass is 10.1. The summed E-state index contributed by atoms with van der Waals surface area (Å²) >= 11 is 9.35. The number of halogens is 2. The van der Waals surface area contributed by atoms with Gasteiger partial charge < -0.3 is 10.1 Å². The van der Waals surface area contributed by atoms with Gasteiger partial charge in [-0.05, 0) is 42.0 Å². The quantitative estimate of drug-likeness (QED) is 0.826. The van der Waals surface area contributed by atoms with E-state index in [9.17, 15) is 4.79 Å². The monoisotopic (exact) mass is 353 g/mol.